The number of nitrogens with two attached hydrogens (primary N) is 1. The Balaban J connectivity index is 2.25. The Hall–Kier alpha value is -0.900. The number of Topliss-reactive ketones (excluding diaryl/α,β-unsaturated/α-hetero) is 1. The fourth-order valence-electron chi connectivity index (χ4n) is 1.70. The fraction of sp³-hybridized carbons (Fsp3) is 0.778. The van der Waals surface area contributed by atoms with Gasteiger partial charge >= 0.3 is 5.97 Å². The second-order valence-electron chi connectivity index (χ2n) is 3.58. The summed E-state index contributed by atoms with van der Waals surface area (Å²) in [5, 5.41) is 8.51. The molecule has 0 heterocycles. The van der Waals surface area contributed by atoms with Crippen molar-refractivity contribution in [3.05, 3.63) is 0 Å². The van der Waals surface area contributed by atoms with E-state index in [4.69, 9.17) is 10.8 Å². The molecular formula is C9H15NO3. The van der Waals surface area contributed by atoms with Gasteiger partial charge < -0.3 is 10.8 Å². The van der Waals surface area contributed by atoms with Crippen molar-refractivity contribution in [1.82, 2.24) is 0 Å². The summed E-state index contributed by atoms with van der Waals surface area (Å²) in [4.78, 5) is 21.5. The van der Waals surface area contributed by atoms with Gasteiger partial charge in [0, 0.05) is 12.3 Å². The monoisotopic (exact) mass is 185 g/mol. The van der Waals surface area contributed by atoms with Gasteiger partial charge in [-0.2, -0.15) is 0 Å². The Morgan fingerprint density at radius 1 is 1.69 bits per heavy atom. The van der Waals surface area contributed by atoms with Crippen molar-refractivity contribution < 1.29 is 14.7 Å². The Morgan fingerprint density at radius 3 is 2.85 bits per heavy atom. The summed E-state index contributed by atoms with van der Waals surface area (Å²) in [7, 11) is 0. The number of ketones is 1. The van der Waals surface area contributed by atoms with Crippen LogP contribution in [0.2, 0.25) is 0 Å². The van der Waals surface area contributed by atoms with Crippen molar-refractivity contribution in [1.29, 1.82) is 0 Å². The van der Waals surface area contributed by atoms with Gasteiger partial charge in [-0.3, -0.25) is 9.59 Å². The van der Waals surface area contributed by atoms with E-state index in [0.717, 1.165) is 12.8 Å². The lowest BCUT2D eigenvalue weighted by Crippen LogP contribution is -2.30. The average Bonchev–Trinajstić information content (AvgIpc) is 2.47. The van der Waals surface area contributed by atoms with Crippen LogP contribution in [-0.2, 0) is 9.59 Å². The maximum atomic E-state index is 11.2. The van der Waals surface area contributed by atoms with E-state index in [2.05, 4.69) is 0 Å². The van der Waals surface area contributed by atoms with Gasteiger partial charge in [0.25, 0.3) is 0 Å². The molecule has 0 aromatic rings. The Bertz CT molecular complexity index is 215. The molecule has 0 saturated heterocycles. The minimum absolute atomic E-state index is 0.0744. The first kappa shape index (κ1) is 10.2. The van der Waals surface area contributed by atoms with Crippen molar-refractivity contribution in [3.8, 4) is 0 Å². The highest BCUT2D eigenvalue weighted by atomic mass is 16.4. The van der Waals surface area contributed by atoms with Crippen LogP contribution in [0, 0.1) is 5.92 Å². The number of hydrogen-bond acceptors (Lipinski definition) is 3. The van der Waals surface area contributed by atoms with E-state index >= 15 is 0 Å². The molecule has 0 aromatic carbocycles. The second kappa shape index (κ2) is 4.37. The van der Waals surface area contributed by atoms with E-state index in [1.165, 1.54) is 0 Å². The summed E-state index contributed by atoms with van der Waals surface area (Å²) >= 11 is 0. The van der Waals surface area contributed by atoms with Gasteiger partial charge in [0.1, 0.15) is 11.8 Å². The van der Waals surface area contributed by atoms with Crippen LogP contribution < -0.4 is 5.73 Å². The van der Waals surface area contributed by atoms with E-state index in [1.54, 1.807) is 0 Å². The molecule has 1 saturated carbocycles. The van der Waals surface area contributed by atoms with Crippen LogP contribution in [0.5, 0.6) is 0 Å². The molecule has 1 rings (SSSR count). The van der Waals surface area contributed by atoms with Crippen molar-refractivity contribution in [3.63, 3.8) is 0 Å². The van der Waals surface area contributed by atoms with Gasteiger partial charge in [0.2, 0.25) is 0 Å². The van der Waals surface area contributed by atoms with Crippen LogP contribution >= 0.6 is 0 Å². The molecule has 0 aromatic heterocycles. The molecule has 1 aliphatic carbocycles. The van der Waals surface area contributed by atoms with Gasteiger partial charge in [0.15, 0.2) is 0 Å². The minimum Gasteiger partial charge on any atom is -0.480 e. The van der Waals surface area contributed by atoms with Crippen LogP contribution in [0.3, 0.4) is 0 Å². The summed E-state index contributed by atoms with van der Waals surface area (Å²) < 4.78 is 0. The first-order valence-corrected chi connectivity index (χ1v) is 4.62. The lowest BCUT2D eigenvalue weighted by molar-refractivity contribution is -0.139. The zero-order valence-electron chi connectivity index (χ0n) is 7.53. The minimum atomic E-state index is -0.981. The summed E-state index contributed by atoms with van der Waals surface area (Å²) in [6.07, 6.45) is 3.56. The second-order valence-corrected chi connectivity index (χ2v) is 3.58. The van der Waals surface area contributed by atoms with Crippen molar-refractivity contribution in [2.24, 2.45) is 11.7 Å². The normalized spacial score (nSPS) is 24.7. The highest BCUT2D eigenvalue weighted by molar-refractivity contribution is 5.82. The SMILES string of the molecule is NC(CCC1CCCC1=O)C(=O)O. The highest BCUT2D eigenvalue weighted by Gasteiger charge is 2.25. The molecule has 0 aliphatic heterocycles. The van der Waals surface area contributed by atoms with Gasteiger partial charge in [-0.05, 0) is 25.7 Å². The lowest BCUT2D eigenvalue weighted by Gasteiger charge is -2.09. The van der Waals surface area contributed by atoms with Gasteiger partial charge in [-0.25, -0.2) is 0 Å². The third kappa shape index (κ3) is 2.81. The first-order valence-electron chi connectivity index (χ1n) is 4.62. The molecule has 2 unspecified atom stereocenters. The number of rotatable bonds is 4. The molecule has 0 spiro atoms. The Labute approximate surface area is 77.1 Å². The smallest absolute Gasteiger partial charge is 0.320 e. The van der Waals surface area contributed by atoms with Crippen LogP contribution in [0.4, 0.5) is 0 Å². The molecule has 74 valence electrons. The summed E-state index contributed by atoms with van der Waals surface area (Å²) in [6.45, 7) is 0. The predicted molar refractivity (Wildman–Crippen MR) is 47.2 cm³/mol. The van der Waals surface area contributed by atoms with E-state index in [9.17, 15) is 9.59 Å². The molecule has 2 atom stereocenters. The Kier molecular flexibility index (Phi) is 3.42. The highest BCUT2D eigenvalue weighted by Crippen LogP contribution is 2.25. The number of hydrogen-bond donors (Lipinski definition) is 2. The third-order valence-corrected chi connectivity index (χ3v) is 2.57. The average molecular weight is 185 g/mol. The van der Waals surface area contributed by atoms with Gasteiger partial charge in [0.05, 0.1) is 0 Å². The van der Waals surface area contributed by atoms with E-state index in [0.29, 0.717) is 19.3 Å². The van der Waals surface area contributed by atoms with Crippen molar-refractivity contribution >= 4 is 11.8 Å². The first-order chi connectivity index (χ1) is 6.11. The standard InChI is InChI=1S/C9H15NO3/c10-7(9(12)13)5-4-6-2-1-3-8(6)11/h6-7H,1-5,10H2,(H,12,13). The summed E-state index contributed by atoms with van der Waals surface area (Å²) in [6, 6.07) is -0.812. The van der Waals surface area contributed by atoms with Crippen LogP contribution in [0.1, 0.15) is 32.1 Å². The third-order valence-electron chi connectivity index (χ3n) is 2.57. The summed E-state index contributed by atoms with van der Waals surface area (Å²) in [5.74, 6) is -0.631. The van der Waals surface area contributed by atoms with E-state index < -0.39 is 12.0 Å². The molecule has 1 fully saturated rings. The zero-order valence-corrected chi connectivity index (χ0v) is 7.53. The molecule has 13 heavy (non-hydrogen) atoms. The van der Waals surface area contributed by atoms with E-state index in [1.807, 2.05) is 0 Å². The molecule has 0 bridgehead atoms. The zero-order chi connectivity index (χ0) is 9.84. The molecule has 4 heteroatoms. The number of carboxylic acid groups (broad SMARTS) is 1. The predicted octanol–water partition coefficient (Wildman–Crippen LogP) is 0.548. The number of aliphatic carboxylic acids is 1. The van der Waals surface area contributed by atoms with Crippen LogP contribution in [0.15, 0.2) is 0 Å². The molecule has 0 radical (unpaired) electrons. The van der Waals surface area contributed by atoms with Gasteiger partial charge in [-0.15, -0.1) is 0 Å². The molecule has 4 nitrogen and oxygen atoms in total. The Morgan fingerprint density at radius 2 is 2.38 bits per heavy atom. The quantitative estimate of drug-likeness (QED) is 0.670. The molecule has 1 aliphatic rings. The number of carbonyl (C=O) groups is 2. The fourth-order valence-corrected chi connectivity index (χ4v) is 1.70. The maximum absolute atomic E-state index is 11.2. The maximum Gasteiger partial charge on any atom is 0.320 e. The summed E-state index contributed by atoms with van der Waals surface area (Å²) in [5.41, 5.74) is 5.33. The van der Waals surface area contributed by atoms with Crippen molar-refractivity contribution in [2.75, 3.05) is 0 Å². The van der Waals surface area contributed by atoms with Crippen LogP contribution in [0.25, 0.3) is 0 Å². The lowest BCUT2D eigenvalue weighted by atomic mass is 9.98. The van der Waals surface area contributed by atoms with Crippen LogP contribution in [-0.4, -0.2) is 22.9 Å². The number of carbonyl (C=O) groups excluding carboxylic acids is 1. The topological polar surface area (TPSA) is 80.4 Å². The van der Waals surface area contributed by atoms with Gasteiger partial charge in [-0.1, -0.05) is 0 Å². The van der Waals surface area contributed by atoms with E-state index in [-0.39, 0.29) is 11.7 Å². The molecule has 0 amide bonds. The molecule has 3 N–H and O–H groups in total. The van der Waals surface area contributed by atoms with Crippen molar-refractivity contribution in [2.45, 2.75) is 38.1 Å². The molecular weight excluding hydrogens is 170 g/mol. The number of carboxylic acids is 1. The largest absolute Gasteiger partial charge is 0.480 e.